The first kappa shape index (κ1) is 46.6. The van der Waals surface area contributed by atoms with E-state index in [1.54, 1.807) is 0 Å². The molecule has 57 heavy (non-hydrogen) atoms. The first-order chi connectivity index (χ1) is 26.8. The molecule has 25 heteroatoms. The maximum absolute atomic E-state index is 12.2. The molecule has 332 valence electrons. The molecule has 5 aliphatic heterocycles. The number of aliphatic hydroxyl groups excluding tert-OH is 14. The van der Waals surface area contributed by atoms with E-state index in [2.05, 4.69) is 5.32 Å². The minimum absolute atomic E-state index is 0.750. The minimum atomic E-state index is -2.02. The van der Waals surface area contributed by atoms with Gasteiger partial charge in [0.25, 0.3) is 0 Å². The van der Waals surface area contributed by atoms with Crippen LogP contribution in [-0.4, -0.2) is 251 Å². The van der Waals surface area contributed by atoms with E-state index >= 15 is 0 Å². The molecule has 25 nitrogen and oxygen atoms in total. The standard InChI is InChI=1S/C32H55NO24/c1-7-14(38)24(54-30-22(46)20(44)17(41)11(5-35)52-30)26(28(48)49-7)56-32-27(57-29-13(33-9(3)37)19(43)16(40)10(4-34)51-29)25(15(39)8(2)50-32)55-31-23(47)21(45)18(42)12(6-36)53-31/h7-8,10-32,34-36,38-48H,4-6H2,1-3H3,(H,33,37)/t7-,8-,10+,11+,12+,13+,14-,15-,16+,17+,18+,19+,20+,21-,22+,23+,24+,25+,26+,27+,28?,29-,30+,31+,32-/m0/s1. The number of carbonyl (C=O) groups excluding carboxylic acids is 1. The summed E-state index contributed by atoms with van der Waals surface area (Å²) >= 11 is 0. The minimum Gasteiger partial charge on any atom is -0.394 e. The predicted octanol–water partition coefficient (Wildman–Crippen LogP) is -9.73. The van der Waals surface area contributed by atoms with Crippen molar-refractivity contribution in [2.24, 2.45) is 0 Å². The number of hydrogen-bond acceptors (Lipinski definition) is 24. The third-order valence-corrected chi connectivity index (χ3v) is 10.6. The maximum Gasteiger partial charge on any atom is 0.217 e. The number of rotatable bonds is 12. The topological polar surface area (TPSA) is 395 Å². The number of amides is 1. The number of hydrogen-bond donors (Lipinski definition) is 15. The largest absolute Gasteiger partial charge is 0.394 e. The summed E-state index contributed by atoms with van der Waals surface area (Å²) in [5.74, 6) is -0.750. The molecule has 1 amide bonds. The summed E-state index contributed by atoms with van der Waals surface area (Å²) in [6.45, 7) is 1.13. The van der Waals surface area contributed by atoms with Crippen LogP contribution in [-0.2, 0) is 47.4 Å². The lowest BCUT2D eigenvalue weighted by molar-refractivity contribution is -0.408. The van der Waals surface area contributed by atoms with E-state index < -0.39 is 179 Å². The van der Waals surface area contributed by atoms with Gasteiger partial charge in [-0.3, -0.25) is 4.79 Å². The average Bonchev–Trinajstić information content (AvgIpc) is 3.17. The van der Waals surface area contributed by atoms with Crippen molar-refractivity contribution in [3.05, 3.63) is 0 Å². The third kappa shape index (κ3) is 9.71. The van der Waals surface area contributed by atoms with Crippen LogP contribution >= 0.6 is 0 Å². The summed E-state index contributed by atoms with van der Waals surface area (Å²) in [6, 6.07) is -1.61. The van der Waals surface area contributed by atoms with Crippen molar-refractivity contribution < 1.29 is 119 Å². The van der Waals surface area contributed by atoms with Gasteiger partial charge in [-0.2, -0.15) is 0 Å². The monoisotopic (exact) mass is 837 g/mol. The van der Waals surface area contributed by atoms with Gasteiger partial charge in [0.2, 0.25) is 5.91 Å². The molecule has 0 saturated carbocycles. The van der Waals surface area contributed by atoms with Crippen LogP contribution in [0.2, 0.25) is 0 Å². The molecule has 1 unspecified atom stereocenters. The van der Waals surface area contributed by atoms with Gasteiger partial charge in [0, 0.05) is 6.92 Å². The Morgan fingerprint density at radius 2 is 0.842 bits per heavy atom. The molecule has 25 atom stereocenters. The summed E-state index contributed by atoms with van der Waals surface area (Å²) in [4.78, 5) is 12.2. The smallest absolute Gasteiger partial charge is 0.217 e. The molecule has 5 fully saturated rings. The molecule has 0 spiro atoms. The Morgan fingerprint density at radius 1 is 0.456 bits per heavy atom. The second-order valence-corrected chi connectivity index (χ2v) is 14.7. The Bertz CT molecular complexity index is 1290. The number of nitrogens with one attached hydrogen (secondary N) is 1. The SMILES string of the molecule is CC(=O)N[C@H]1[C@H](O[C@H]2[C@H](O[C@H]3C(O)O[C@@H](C)[C@H](O)[C@H]3O[C@H]3O[C@H](CO)[C@@H](O)[C@@H](O)[C@H]3O)O[C@@H](C)[C@H](O)[C@H]2O[C@H]2O[C@H](CO)[C@@H](O)[C@H](O)[C@H]2O)O[C@H](CO)[C@@H](O)[C@@H]1O. The highest BCUT2D eigenvalue weighted by Gasteiger charge is 2.57. The zero-order valence-electron chi connectivity index (χ0n) is 30.9. The Kier molecular flexibility index (Phi) is 16.0. The summed E-state index contributed by atoms with van der Waals surface area (Å²) < 4.78 is 52.1. The Hall–Kier alpha value is -1.45. The summed E-state index contributed by atoms with van der Waals surface area (Å²) in [5.41, 5.74) is 0. The third-order valence-electron chi connectivity index (χ3n) is 10.6. The van der Waals surface area contributed by atoms with Gasteiger partial charge in [-0.05, 0) is 13.8 Å². The molecule has 0 bridgehead atoms. The highest BCUT2D eigenvalue weighted by Crippen LogP contribution is 2.37. The molecule has 5 heterocycles. The lowest BCUT2D eigenvalue weighted by Gasteiger charge is -2.51. The number of aliphatic hydroxyl groups is 14. The highest BCUT2D eigenvalue weighted by atomic mass is 16.8. The molecule has 0 aromatic carbocycles. The van der Waals surface area contributed by atoms with E-state index in [1.807, 2.05) is 0 Å². The molecular weight excluding hydrogens is 782 g/mol. The highest BCUT2D eigenvalue weighted by molar-refractivity contribution is 5.73. The van der Waals surface area contributed by atoms with Crippen LogP contribution in [0.5, 0.6) is 0 Å². The fourth-order valence-corrected chi connectivity index (χ4v) is 7.26. The van der Waals surface area contributed by atoms with Crippen molar-refractivity contribution in [2.75, 3.05) is 19.8 Å². The Morgan fingerprint density at radius 3 is 1.30 bits per heavy atom. The van der Waals surface area contributed by atoms with Crippen LogP contribution in [0, 0.1) is 0 Å². The summed E-state index contributed by atoms with van der Waals surface area (Å²) in [5, 5.41) is 150. The van der Waals surface area contributed by atoms with Gasteiger partial charge >= 0.3 is 0 Å². The van der Waals surface area contributed by atoms with Crippen LogP contribution in [0.4, 0.5) is 0 Å². The van der Waals surface area contributed by atoms with E-state index in [-0.39, 0.29) is 0 Å². The van der Waals surface area contributed by atoms with Gasteiger partial charge < -0.3 is 119 Å². The zero-order valence-corrected chi connectivity index (χ0v) is 30.9. The van der Waals surface area contributed by atoms with Gasteiger partial charge in [-0.15, -0.1) is 0 Å². The van der Waals surface area contributed by atoms with Crippen molar-refractivity contribution in [3.8, 4) is 0 Å². The Labute approximate surface area is 324 Å². The number of carbonyl (C=O) groups is 1. The van der Waals surface area contributed by atoms with E-state index in [0.717, 1.165) is 6.92 Å². The summed E-state index contributed by atoms with van der Waals surface area (Å²) in [6.07, 6.45) is -42.6. The average molecular weight is 838 g/mol. The molecule has 0 aromatic rings. The molecular formula is C32H55NO24. The predicted molar refractivity (Wildman–Crippen MR) is 175 cm³/mol. The maximum atomic E-state index is 12.2. The lowest BCUT2D eigenvalue weighted by Crippen LogP contribution is -2.69. The molecule has 0 radical (unpaired) electrons. The first-order valence-corrected chi connectivity index (χ1v) is 18.3. The Balaban J connectivity index is 1.52. The normalized spacial score (nSPS) is 52.3. The van der Waals surface area contributed by atoms with Gasteiger partial charge in [0.05, 0.1) is 32.0 Å². The quantitative estimate of drug-likeness (QED) is 0.0867. The van der Waals surface area contributed by atoms with Crippen molar-refractivity contribution >= 4 is 5.91 Å². The second-order valence-electron chi connectivity index (χ2n) is 14.7. The fraction of sp³-hybridized carbons (Fsp3) is 0.969. The van der Waals surface area contributed by atoms with Crippen LogP contribution in [0.3, 0.4) is 0 Å². The van der Waals surface area contributed by atoms with E-state index in [0.29, 0.717) is 0 Å². The fourth-order valence-electron chi connectivity index (χ4n) is 7.26. The molecule has 15 N–H and O–H groups in total. The van der Waals surface area contributed by atoms with E-state index in [1.165, 1.54) is 13.8 Å². The van der Waals surface area contributed by atoms with Crippen LogP contribution in [0.1, 0.15) is 20.8 Å². The van der Waals surface area contributed by atoms with Gasteiger partial charge in [0.15, 0.2) is 31.5 Å². The van der Waals surface area contributed by atoms with E-state index in [9.17, 15) is 76.3 Å². The van der Waals surface area contributed by atoms with Crippen molar-refractivity contribution in [1.82, 2.24) is 5.32 Å². The molecule has 0 aliphatic carbocycles. The molecule has 5 rings (SSSR count). The number of ether oxygens (including phenoxy) is 9. The molecule has 5 saturated heterocycles. The zero-order chi connectivity index (χ0) is 42.2. The van der Waals surface area contributed by atoms with Gasteiger partial charge in [0.1, 0.15) is 110 Å². The van der Waals surface area contributed by atoms with E-state index in [4.69, 9.17) is 42.6 Å². The van der Waals surface area contributed by atoms with Crippen molar-refractivity contribution in [1.29, 1.82) is 0 Å². The van der Waals surface area contributed by atoms with Crippen LogP contribution < -0.4 is 5.32 Å². The second kappa shape index (κ2) is 19.5. The summed E-state index contributed by atoms with van der Waals surface area (Å²) in [7, 11) is 0. The van der Waals surface area contributed by atoms with Gasteiger partial charge in [-0.25, -0.2) is 0 Å². The van der Waals surface area contributed by atoms with Crippen molar-refractivity contribution in [2.45, 2.75) is 174 Å². The van der Waals surface area contributed by atoms with Crippen LogP contribution in [0.15, 0.2) is 0 Å². The molecule has 0 aromatic heterocycles. The lowest BCUT2D eigenvalue weighted by atomic mass is 9.95. The first-order valence-electron chi connectivity index (χ1n) is 18.3. The van der Waals surface area contributed by atoms with Gasteiger partial charge in [-0.1, -0.05) is 0 Å². The molecule has 5 aliphatic rings. The van der Waals surface area contributed by atoms with Crippen LogP contribution in [0.25, 0.3) is 0 Å². The van der Waals surface area contributed by atoms with Crippen molar-refractivity contribution in [3.63, 3.8) is 0 Å².